The van der Waals surface area contributed by atoms with Crippen molar-refractivity contribution in [1.82, 2.24) is 20.0 Å². The number of hydrogen-bond acceptors (Lipinski definition) is 6. The molecule has 1 aliphatic rings. The van der Waals surface area contributed by atoms with Crippen molar-refractivity contribution in [3.8, 4) is 0 Å². The van der Waals surface area contributed by atoms with E-state index in [4.69, 9.17) is 0 Å². The summed E-state index contributed by atoms with van der Waals surface area (Å²) in [6.45, 7) is 3.42. The molecule has 1 aliphatic heterocycles. The highest BCUT2D eigenvalue weighted by Crippen LogP contribution is 2.29. The van der Waals surface area contributed by atoms with Crippen molar-refractivity contribution in [3.05, 3.63) is 40.9 Å². The Morgan fingerprint density at radius 3 is 2.59 bits per heavy atom. The molecule has 1 aromatic carbocycles. The van der Waals surface area contributed by atoms with E-state index in [-0.39, 0.29) is 5.91 Å². The van der Waals surface area contributed by atoms with E-state index in [2.05, 4.69) is 15.1 Å². The molecule has 0 saturated carbocycles. The minimum atomic E-state index is -4.31. The van der Waals surface area contributed by atoms with Crippen LogP contribution in [0.1, 0.15) is 17.5 Å². The van der Waals surface area contributed by atoms with E-state index < -0.39 is 11.7 Å². The first-order valence-electron chi connectivity index (χ1n) is 8.47. The first kappa shape index (κ1) is 20.1. The fourth-order valence-corrected chi connectivity index (χ4v) is 4.27. The van der Waals surface area contributed by atoms with Gasteiger partial charge in [0.05, 0.1) is 11.3 Å². The molecule has 146 valence electrons. The summed E-state index contributed by atoms with van der Waals surface area (Å²) in [6.07, 6.45) is -3.47. The number of halogens is 3. The molecule has 0 N–H and O–H groups in total. The van der Waals surface area contributed by atoms with Gasteiger partial charge in [-0.05, 0) is 24.1 Å². The largest absolute Gasteiger partial charge is 0.416 e. The summed E-state index contributed by atoms with van der Waals surface area (Å²) in [4.78, 5) is 16.4. The molecule has 1 saturated heterocycles. The quantitative estimate of drug-likeness (QED) is 0.700. The van der Waals surface area contributed by atoms with E-state index in [1.807, 2.05) is 4.90 Å². The van der Waals surface area contributed by atoms with Gasteiger partial charge in [0.15, 0.2) is 4.34 Å². The van der Waals surface area contributed by atoms with E-state index in [9.17, 15) is 18.0 Å². The lowest BCUT2D eigenvalue weighted by Gasteiger charge is -2.22. The number of carbonyl (C=O) groups excluding carboxylic acids is 1. The lowest BCUT2D eigenvalue weighted by Crippen LogP contribution is -2.36. The predicted octanol–water partition coefficient (Wildman–Crippen LogP) is 3.38. The van der Waals surface area contributed by atoms with Crippen molar-refractivity contribution in [3.63, 3.8) is 0 Å². The van der Waals surface area contributed by atoms with Crippen molar-refractivity contribution < 1.29 is 18.0 Å². The minimum absolute atomic E-state index is 0.0755. The van der Waals surface area contributed by atoms with Gasteiger partial charge in [-0.15, -0.1) is 10.2 Å². The molecule has 1 amide bonds. The van der Waals surface area contributed by atoms with E-state index >= 15 is 0 Å². The fraction of sp³-hybridized carbons (Fsp3) is 0.471. The Hall–Kier alpha value is -1.65. The van der Waals surface area contributed by atoms with Gasteiger partial charge < -0.3 is 4.90 Å². The Kier molecular flexibility index (Phi) is 6.72. The standard InChI is InChI=1S/C17H19F3N4OS2/c18-17(19,20)14-4-2-13(3-5-14)10-23-6-1-7-24(9-8-23)15(25)11-26-16-22-21-12-27-16/h2-5,12H,1,6-11H2. The van der Waals surface area contributed by atoms with Crippen LogP contribution in [0.25, 0.3) is 0 Å². The second-order valence-electron chi connectivity index (χ2n) is 6.20. The molecule has 3 rings (SSSR count). The van der Waals surface area contributed by atoms with E-state index in [1.54, 1.807) is 5.51 Å². The molecule has 0 atom stereocenters. The van der Waals surface area contributed by atoms with Crippen molar-refractivity contribution in [2.45, 2.75) is 23.5 Å². The lowest BCUT2D eigenvalue weighted by atomic mass is 10.1. The monoisotopic (exact) mass is 416 g/mol. The third-order valence-electron chi connectivity index (χ3n) is 4.29. The molecule has 2 heterocycles. The number of thioether (sulfide) groups is 1. The SMILES string of the molecule is O=C(CSc1nncs1)N1CCCN(Cc2ccc(C(F)(F)F)cc2)CC1. The maximum Gasteiger partial charge on any atom is 0.416 e. The van der Waals surface area contributed by atoms with Gasteiger partial charge in [-0.1, -0.05) is 35.2 Å². The number of alkyl halides is 3. The third-order valence-corrected chi connectivity index (χ3v) is 6.13. The first-order chi connectivity index (χ1) is 12.9. The van der Waals surface area contributed by atoms with Crippen LogP contribution in [-0.2, 0) is 17.5 Å². The normalized spacial score (nSPS) is 16.3. The number of amides is 1. The highest BCUT2D eigenvalue weighted by atomic mass is 32.2. The Balaban J connectivity index is 1.48. The predicted molar refractivity (Wildman–Crippen MR) is 98.6 cm³/mol. The smallest absolute Gasteiger partial charge is 0.341 e. The van der Waals surface area contributed by atoms with Crippen molar-refractivity contribution >= 4 is 29.0 Å². The highest BCUT2D eigenvalue weighted by Gasteiger charge is 2.30. The maximum absolute atomic E-state index is 12.6. The summed E-state index contributed by atoms with van der Waals surface area (Å²) in [6, 6.07) is 5.28. The zero-order valence-electron chi connectivity index (χ0n) is 14.5. The third kappa shape index (κ3) is 5.91. The number of carbonyl (C=O) groups is 1. The molecular formula is C17H19F3N4OS2. The molecule has 1 aromatic heterocycles. The minimum Gasteiger partial charge on any atom is -0.341 e. The summed E-state index contributed by atoms with van der Waals surface area (Å²) in [5.74, 6) is 0.417. The summed E-state index contributed by atoms with van der Waals surface area (Å²) in [5.41, 5.74) is 1.85. The van der Waals surface area contributed by atoms with Crippen molar-refractivity contribution in [2.75, 3.05) is 31.9 Å². The number of nitrogens with zero attached hydrogens (tertiary/aromatic N) is 4. The van der Waals surface area contributed by atoms with Crippen LogP contribution in [0, 0.1) is 0 Å². The van der Waals surface area contributed by atoms with Crippen LogP contribution in [0.15, 0.2) is 34.1 Å². The summed E-state index contributed by atoms with van der Waals surface area (Å²) in [7, 11) is 0. The maximum atomic E-state index is 12.6. The zero-order valence-corrected chi connectivity index (χ0v) is 16.1. The average Bonchev–Trinajstić information content (AvgIpc) is 3.05. The molecule has 0 bridgehead atoms. The number of hydrogen-bond donors (Lipinski definition) is 0. The van der Waals surface area contributed by atoms with Crippen LogP contribution >= 0.6 is 23.1 Å². The van der Waals surface area contributed by atoms with Crippen LogP contribution < -0.4 is 0 Å². The van der Waals surface area contributed by atoms with Gasteiger partial charge in [0.25, 0.3) is 0 Å². The topological polar surface area (TPSA) is 49.3 Å². The van der Waals surface area contributed by atoms with Crippen LogP contribution in [0.2, 0.25) is 0 Å². The molecular weight excluding hydrogens is 397 g/mol. The highest BCUT2D eigenvalue weighted by molar-refractivity contribution is 8.01. The molecule has 5 nitrogen and oxygen atoms in total. The molecule has 0 radical (unpaired) electrons. The van der Waals surface area contributed by atoms with Crippen LogP contribution in [0.3, 0.4) is 0 Å². The van der Waals surface area contributed by atoms with Gasteiger partial charge >= 0.3 is 6.18 Å². The Bertz CT molecular complexity index is 738. The Labute approximate surface area is 163 Å². The van der Waals surface area contributed by atoms with E-state index in [0.29, 0.717) is 31.9 Å². The van der Waals surface area contributed by atoms with Gasteiger partial charge in [0.2, 0.25) is 5.91 Å². The summed E-state index contributed by atoms with van der Waals surface area (Å²) >= 11 is 2.80. The lowest BCUT2D eigenvalue weighted by molar-refractivity contribution is -0.137. The van der Waals surface area contributed by atoms with Crippen molar-refractivity contribution in [1.29, 1.82) is 0 Å². The zero-order chi connectivity index (χ0) is 19.3. The fourth-order valence-electron chi connectivity index (χ4n) is 2.88. The number of benzene rings is 1. The second kappa shape index (κ2) is 9.03. The molecule has 0 unspecified atom stereocenters. The van der Waals surface area contributed by atoms with E-state index in [1.165, 1.54) is 35.2 Å². The molecule has 0 aliphatic carbocycles. The van der Waals surface area contributed by atoms with Crippen LogP contribution in [-0.4, -0.2) is 57.8 Å². The summed E-state index contributed by atoms with van der Waals surface area (Å²) in [5, 5.41) is 7.66. The van der Waals surface area contributed by atoms with Crippen LogP contribution in [0.5, 0.6) is 0 Å². The Morgan fingerprint density at radius 1 is 1.15 bits per heavy atom. The van der Waals surface area contributed by atoms with Crippen LogP contribution in [0.4, 0.5) is 13.2 Å². The molecule has 0 spiro atoms. The van der Waals surface area contributed by atoms with E-state index in [0.717, 1.165) is 35.0 Å². The summed E-state index contributed by atoms with van der Waals surface area (Å²) < 4.78 is 38.7. The van der Waals surface area contributed by atoms with Crippen molar-refractivity contribution in [2.24, 2.45) is 0 Å². The van der Waals surface area contributed by atoms with Gasteiger partial charge in [-0.25, -0.2) is 0 Å². The second-order valence-corrected chi connectivity index (χ2v) is 8.25. The first-order valence-corrected chi connectivity index (χ1v) is 10.3. The van der Waals surface area contributed by atoms with Gasteiger partial charge in [0, 0.05) is 32.7 Å². The molecule has 2 aromatic rings. The number of aromatic nitrogens is 2. The Morgan fingerprint density at radius 2 is 1.93 bits per heavy atom. The molecule has 10 heteroatoms. The van der Waals surface area contributed by atoms with Gasteiger partial charge in [0.1, 0.15) is 5.51 Å². The average molecular weight is 416 g/mol. The molecule has 1 fully saturated rings. The van der Waals surface area contributed by atoms with Gasteiger partial charge in [-0.3, -0.25) is 9.69 Å². The van der Waals surface area contributed by atoms with Gasteiger partial charge in [-0.2, -0.15) is 13.2 Å². The molecule has 27 heavy (non-hydrogen) atoms. The number of rotatable bonds is 5.